The number of nitrogens with one attached hydrogen (secondary N) is 5. The van der Waals surface area contributed by atoms with Gasteiger partial charge in [0.2, 0.25) is 11.9 Å². The summed E-state index contributed by atoms with van der Waals surface area (Å²) in [6.45, 7) is 11.9. The van der Waals surface area contributed by atoms with Crippen molar-refractivity contribution in [1.82, 2.24) is 30.2 Å². The molecule has 4 aliphatic heterocycles. The number of ketones is 1. The van der Waals surface area contributed by atoms with Gasteiger partial charge in [0.25, 0.3) is 0 Å². The molecule has 6 heterocycles. The number of aryl methyl sites for hydroxylation is 2. The molecular weight excluding hydrogens is 757 g/mol. The second-order valence-electron chi connectivity index (χ2n) is 14.8. The molecule has 4 aliphatic rings. The highest BCUT2D eigenvalue weighted by Crippen LogP contribution is 2.34. The lowest BCUT2D eigenvalue weighted by Crippen LogP contribution is -2.48. The number of anilines is 6. The van der Waals surface area contributed by atoms with Crippen molar-refractivity contribution in [3.63, 3.8) is 0 Å². The van der Waals surface area contributed by atoms with E-state index in [0.29, 0.717) is 56.2 Å². The topological polar surface area (TPSA) is 187 Å². The lowest BCUT2D eigenvalue weighted by molar-refractivity contribution is -0.140. The number of carbonyl (C=O) groups excluding carboxylic acids is 1. The summed E-state index contributed by atoms with van der Waals surface area (Å²) in [5.74, 6) is 6.79. The van der Waals surface area contributed by atoms with Gasteiger partial charge in [-0.1, -0.05) is 0 Å². The number of hydrogen-bond donors (Lipinski definition) is 5. The highest BCUT2D eigenvalue weighted by Gasteiger charge is 2.32. The molecule has 59 heavy (non-hydrogen) atoms. The van der Waals surface area contributed by atoms with Gasteiger partial charge in [-0.2, -0.15) is 9.97 Å². The summed E-state index contributed by atoms with van der Waals surface area (Å²) in [5, 5.41) is 15.9. The number of nitrogens with zero attached hydrogens (tertiary/aromatic N) is 5. The highest BCUT2D eigenvalue weighted by atomic mass is 16.5. The Labute approximate surface area is 346 Å². The van der Waals surface area contributed by atoms with Crippen LogP contribution in [0.25, 0.3) is 0 Å². The molecule has 2 aromatic carbocycles. The first-order chi connectivity index (χ1) is 28.7. The fourth-order valence-electron chi connectivity index (χ4n) is 6.72. The normalized spacial score (nSPS) is 18.5. The Hall–Kier alpha value is -5.49. The third-order valence-corrected chi connectivity index (χ3v) is 10.2. The van der Waals surface area contributed by atoms with Gasteiger partial charge in [-0.05, 0) is 64.0 Å². The van der Waals surface area contributed by atoms with Gasteiger partial charge in [-0.25, -0.2) is 9.97 Å². The zero-order valence-electron chi connectivity index (χ0n) is 34.9. The van der Waals surface area contributed by atoms with Gasteiger partial charge in [-0.15, -0.1) is 0 Å². The van der Waals surface area contributed by atoms with E-state index in [1.807, 2.05) is 76.5 Å². The molecule has 0 amide bonds. The van der Waals surface area contributed by atoms with Crippen molar-refractivity contribution in [2.75, 3.05) is 115 Å². The fourth-order valence-corrected chi connectivity index (χ4v) is 6.72. The van der Waals surface area contributed by atoms with Crippen LogP contribution in [-0.2, 0) is 14.3 Å². The van der Waals surface area contributed by atoms with Crippen LogP contribution in [0, 0.1) is 25.7 Å². The zero-order chi connectivity index (χ0) is 41.6. The molecule has 4 aromatic rings. The Morgan fingerprint density at radius 3 is 1.69 bits per heavy atom. The minimum absolute atomic E-state index is 0.213. The number of Topliss-reactive ketones (excluding diaryl/α,β-unsaturated/α-hetero) is 1. The van der Waals surface area contributed by atoms with Crippen LogP contribution in [-0.4, -0.2) is 131 Å². The molecule has 4 saturated heterocycles. The number of rotatable bonds is 15. The molecule has 2 atom stereocenters. The van der Waals surface area contributed by atoms with Crippen molar-refractivity contribution < 1.29 is 33.2 Å². The monoisotopic (exact) mass is 814 g/mol. The first-order valence-electron chi connectivity index (χ1n) is 20.1. The summed E-state index contributed by atoms with van der Waals surface area (Å²) in [6, 6.07) is 15.9. The van der Waals surface area contributed by atoms with E-state index in [1.54, 1.807) is 14.2 Å². The van der Waals surface area contributed by atoms with Crippen molar-refractivity contribution in [2.24, 2.45) is 11.8 Å². The smallest absolute Gasteiger partial charge is 0.229 e. The molecule has 0 aliphatic carbocycles. The number of methoxy groups -OCH3 is 2. The van der Waals surface area contributed by atoms with E-state index in [0.717, 1.165) is 110 Å². The van der Waals surface area contributed by atoms with Gasteiger partial charge < -0.3 is 55.0 Å². The lowest BCUT2D eigenvalue weighted by Gasteiger charge is -2.34. The molecule has 0 bridgehead atoms. The summed E-state index contributed by atoms with van der Waals surface area (Å²) >= 11 is 0. The maximum absolute atomic E-state index is 9.77. The first-order valence-corrected chi connectivity index (χ1v) is 20.1. The van der Waals surface area contributed by atoms with Gasteiger partial charge in [0.1, 0.15) is 24.8 Å². The van der Waals surface area contributed by atoms with Gasteiger partial charge in [0.05, 0.1) is 46.7 Å². The molecular formula is C42H58N10O7. The van der Waals surface area contributed by atoms with Gasteiger partial charge >= 0.3 is 0 Å². The van der Waals surface area contributed by atoms with Crippen LogP contribution in [0.4, 0.5) is 34.9 Å². The minimum Gasteiger partial charge on any atom is -0.493 e. The lowest BCUT2D eigenvalue weighted by atomic mass is 10.1. The summed E-state index contributed by atoms with van der Waals surface area (Å²) < 4.78 is 32.9. The van der Waals surface area contributed by atoms with Gasteiger partial charge in [-0.3, -0.25) is 9.69 Å². The maximum Gasteiger partial charge on any atom is 0.229 e. The number of carbonyl (C=O) groups is 1. The average molecular weight is 815 g/mol. The Kier molecular flexibility index (Phi) is 15.7. The van der Waals surface area contributed by atoms with Crippen LogP contribution in [0.15, 0.2) is 48.5 Å². The van der Waals surface area contributed by atoms with E-state index in [4.69, 9.17) is 23.7 Å². The Bertz CT molecular complexity index is 1970. The van der Waals surface area contributed by atoms with Gasteiger partial charge in [0.15, 0.2) is 28.8 Å². The molecule has 0 saturated carbocycles. The minimum atomic E-state index is 0.213. The predicted octanol–water partition coefficient (Wildman–Crippen LogP) is 4.83. The molecule has 8 rings (SSSR count). The Morgan fingerprint density at radius 2 is 1.27 bits per heavy atom. The van der Waals surface area contributed by atoms with Crippen molar-refractivity contribution in [1.29, 1.82) is 0 Å². The summed E-state index contributed by atoms with van der Waals surface area (Å²) in [4.78, 5) is 30.0. The number of ether oxygens (including phenoxy) is 6. The molecule has 318 valence electrons. The summed E-state index contributed by atoms with van der Waals surface area (Å²) in [5.41, 5.74) is 3.49. The average Bonchev–Trinajstić information content (AvgIpc) is 3.91. The van der Waals surface area contributed by atoms with Crippen LogP contribution in [0.5, 0.6) is 23.0 Å². The van der Waals surface area contributed by atoms with E-state index >= 15 is 0 Å². The number of aromatic nitrogens is 4. The van der Waals surface area contributed by atoms with Crippen molar-refractivity contribution in [3.8, 4) is 23.0 Å². The molecule has 4 fully saturated rings. The van der Waals surface area contributed by atoms with Crippen LogP contribution in [0.2, 0.25) is 0 Å². The quantitative estimate of drug-likeness (QED) is 0.110. The van der Waals surface area contributed by atoms with Crippen LogP contribution in [0.3, 0.4) is 0 Å². The van der Waals surface area contributed by atoms with Crippen molar-refractivity contribution >= 4 is 40.7 Å². The fraction of sp³-hybridized carbons (Fsp3) is 0.500. The second kappa shape index (κ2) is 21.5. The highest BCUT2D eigenvalue weighted by molar-refractivity contribution is 5.84. The van der Waals surface area contributed by atoms with E-state index in [1.165, 1.54) is 0 Å². The Morgan fingerprint density at radius 1 is 0.729 bits per heavy atom. The molecule has 5 N–H and O–H groups in total. The maximum atomic E-state index is 9.77. The number of likely N-dealkylation sites (tertiary alicyclic amines) is 1. The third-order valence-electron chi connectivity index (χ3n) is 10.2. The molecule has 17 heteroatoms. The van der Waals surface area contributed by atoms with Crippen LogP contribution in [0.1, 0.15) is 24.2 Å². The molecule has 2 unspecified atom stereocenters. The zero-order valence-corrected chi connectivity index (χ0v) is 34.9. The van der Waals surface area contributed by atoms with E-state index in [9.17, 15) is 4.79 Å². The SMILES string of the molecule is CNc1cc(C)nc(Nc2ccc(OC)c(OCC3CCN(C4COC4)C3)c2)n1.CNc1cc(C)nc(Nc2ccc(OC)c(OCC3CCNC3)c2)n1.O=C1COC1. The van der Waals surface area contributed by atoms with E-state index in [2.05, 4.69) is 56.2 Å². The van der Waals surface area contributed by atoms with Crippen LogP contribution >= 0.6 is 0 Å². The van der Waals surface area contributed by atoms with Crippen LogP contribution < -0.4 is 45.5 Å². The molecule has 2 aromatic heterocycles. The van der Waals surface area contributed by atoms with Crippen molar-refractivity contribution in [3.05, 3.63) is 59.9 Å². The standard InChI is InChI=1S/C21H29N5O3.C18H25N5O2.C3H4O2/c1-14-8-20(22-2)25-21(23-14)24-16-4-5-18(27-3)19(9-16)29-11-15-6-7-26(10-15)17-12-28-13-17;1-12-8-17(19-2)23-18(21-12)22-14-4-5-15(24-3)16(9-14)25-11-13-6-7-20-10-13;4-3-1-5-2-3/h4-5,8-9,15,17H,6-7,10-13H2,1-3H3,(H2,22,23,24,25);4-5,8-9,13,20H,6-7,10-11H2,1-3H3,(H2,19,21,22,23);1-2H2. The molecule has 17 nitrogen and oxygen atoms in total. The first kappa shape index (κ1) is 43.1. The third kappa shape index (κ3) is 12.7. The van der Waals surface area contributed by atoms with E-state index in [-0.39, 0.29) is 5.78 Å². The van der Waals surface area contributed by atoms with E-state index < -0.39 is 0 Å². The molecule has 0 radical (unpaired) electrons. The summed E-state index contributed by atoms with van der Waals surface area (Å²) in [7, 11) is 6.98. The molecule has 0 spiro atoms. The summed E-state index contributed by atoms with van der Waals surface area (Å²) in [6.07, 6.45) is 2.30. The largest absolute Gasteiger partial charge is 0.493 e. The predicted molar refractivity (Wildman–Crippen MR) is 227 cm³/mol. The second-order valence-corrected chi connectivity index (χ2v) is 14.8. The van der Waals surface area contributed by atoms with Gasteiger partial charge in [0, 0.05) is 86.0 Å². The Balaban J connectivity index is 0.000000179. The number of hydrogen-bond acceptors (Lipinski definition) is 17. The van der Waals surface area contributed by atoms with Crippen molar-refractivity contribution in [2.45, 2.75) is 32.7 Å². The number of benzene rings is 2.